The van der Waals surface area contributed by atoms with Gasteiger partial charge in [0, 0.05) is 12.1 Å². The largest absolute Gasteiger partial charge is 0.344 e. The number of hydrogen-bond acceptors (Lipinski definition) is 4. The van der Waals surface area contributed by atoms with Crippen LogP contribution in [0.5, 0.6) is 0 Å². The predicted octanol–water partition coefficient (Wildman–Crippen LogP) is 3.24. The predicted molar refractivity (Wildman–Crippen MR) is 80.9 cm³/mol. The number of nitro benzene ring substituents is 1. The van der Waals surface area contributed by atoms with Gasteiger partial charge < -0.3 is 5.32 Å². The Hall–Kier alpha value is -2.28. The summed E-state index contributed by atoms with van der Waals surface area (Å²) >= 11 is 3.20. The van der Waals surface area contributed by atoms with Crippen LogP contribution >= 0.6 is 15.9 Å². The van der Waals surface area contributed by atoms with E-state index in [1.165, 1.54) is 12.1 Å². The monoisotopic (exact) mass is 349 g/mol. The lowest BCUT2D eigenvalue weighted by molar-refractivity contribution is -0.384. The van der Waals surface area contributed by atoms with Crippen LogP contribution in [0.1, 0.15) is 29.0 Å². The minimum atomic E-state index is -0.464. The van der Waals surface area contributed by atoms with E-state index in [-0.39, 0.29) is 23.3 Å². The molecule has 0 bridgehead atoms. The van der Waals surface area contributed by atoms with Gasteiger partial charge in [-0.15, -0.1) is 0 Å². The molecule has 2 aromatic rings. The molecule has 0 fully saturated rings. The first-order chi connectivity index (χ1) is 9.97. The summed E-state index contributed by atoms with van der Waals surface area (Å²) in [6.45, 7) is 1.76. The Bertz CT molecular complexity index is 691. The second kappa shape index (κ2) is 6.45. The molecule has 6 nitrogen and oxygen atoms in total. The van der Waals surface area contributed by atoms with Crippen molar-refractivity contribution in [2.75, 3.05) is 0 Å². The highest BCUT2D eigenvalue weighted by Gasteiger charge is 2.15. The highest BCUT2D eigenvalue weighted by atomic mass is 79.9. The third-order valence-electron chi connectivity index (χ3n) is 2.88. The van der Waals surface area contributed by atoms with Crippen LogP contribution in [-0.2, 0) is 0 Å². The molecule has 1 unspecified atom stereocenters. The zero-order valence-electron chi connectivity index (χ0n) is 11.1. The highest BCUT2D eigenvalue weighted by Crippen LogP contribution is 2.19. The maximum absolute atomic E-state index is 12.1. The van der Waals surface area contributed by atoms with Crippen molar-refractivity contribution < 1.29 is 9.72 Å². The fourth-order valence-electron chi connectivity index (χ4n) is 1.80. The minimum absolute atomic E-state index is 0.00539. The number of halogens is 1. The molecule has 0 aliphatic rings. The Labute approximate surface area is 129 Å². The third kappa shape index (κ3) is 3.85. The molecule has 2 rings (SSSR count). The van der Waals surface area contributed by atoms with Gasteiger partial charge in [-0.3, -0.25) is 14.9 Å². The molecule has 1 aromatic carbocycles. The summed E-state index contributed by atoms with van der Waals surface area (Å²) in [4.78, 5) is 26.4. The number of nitrogens with one attached hydrogen (secondary N) is 1. The molecule has 0 radical (unpaired) electrons. The summed E-state index contributed by atoms with van der Waals surface area (Å²) in [5.74, 6) is -0.338. The standard InChI is InChI=1S/C14H12BrN3O3/c1-9(10-4-2-5-11(8-10)18(20)21)16-14(19)12-6-3-7-13(15)17-12/h2-9H,1H3,(H,16,19). The zero-order valence-corrected chi connectivity index (χ0v) is 12.7. The molecule has 108 valence electrons. The van der Waals surface area contributed by atoms with Crippen LogP contribution in [0.3, 0.4) is 0 Å². The van der Waals surface area contributed by atoms with E-state index in [1.54, 1.807) is 37.3 Å². The number of aromatic nitrogens is 1. The van der Waals surface area contributed by atoms with E-state index in [2.05, 4.69) is 26.2 Å². The first kappa shape index (κ1) is 15.1. The van der Waals surface area contributed by atoms with E-state index >= 15 is 0 Å². The van der Waals surface area contributed by atoms with Gasteiger partial charge in [-0.25, -0.2) is 4.98 Å². The summed E-state index contributed by atoms with van der Waals surface area (Å²) in [6, 6.07) is 10.8. The number of non-ortho nitro benzene ring substituents is 1. The molecule has 0 spiro atoms. The van der Waals surface area contributed by atoms with Crippen LogP contribution in [0.25, 0.3) is 0 Å². The second-order valence-electron chi connectivity index (χ2n) is 4.39. The number of nitro groups is 1. The van der Waals surface area contributed by atoms with Gasteiger partial charge >= 0.3 is 0 Å². The van der Waals surface area contributed by atoms with Crippen molar-refractivity contribution in [3.63, 3.8) is 0 Å². The normalized spacial score (nSPS) is 11.7. The van der Waals surface area contributed by atoms with Crippen LogP contribution < -0.4 is 5.32 Å². The van der Waals surface area contributed by atoms with E-state index in [0.29, 0.717) is 10.2 Å². The number of benzene rings is 1. The van der Waals surface area contributed by atoms with Gasteiger partial charge in [0.2, 0.25) is 0 Å². The van der Waals surface area contributed by atoms with Gasteiger partial charge in [-0.1, -0.05) is 18.2 Å². The van der Waals surface area contributed by atoms with Gasteiger partial charge in [0.05, 0.1) is 11.0 Å². The number of nitrogens with zero attached hydrogens (tertiary/aromatic N) is 2. The van der Waals surface area contributed by atoms with E-state index in [1.807, 2.05) is 0 Å². The number of hydrogen-bond donors (Lipinski definition) is 1. The van der Waals surface area contributed by atoms with Crippen molar-refractivity contribution in [3.8, 4) is 0 Å². The number of carbonyl (C=O) groups excluding carboxylic acids is 1. The lowest BCUT2D eigenvalue weighted by atomic mass is 10.1. The summed E-state index contributed by atoms with van der Waals surface area (Å²) in [5.41, 5.74) is 0.934. The van der Waals surface area contributed by atoms with Crippen LogP contribution in [0.2, 0.25) is 0 Å². The highest BCUT2D eigenvalue weighted by molar-refractivity contribution is 9.10. The summed E-state index contributed by atoms with van der Waals surface area (Å²) in [5, 5.41) is 13.5. The Morgan fingerprint density at radius 2 is 2.05 bits per heavy atom. The fourth-order valence-corrected chi connectivity index (χ4v) is 2.14. The maximum Gasteiger partial charge on any atom is 0.270 e. The van der Waals surface area contributed by atoms with Gasteiger partial charge in [-0.2, -0.15) is 0 Å². The van der Waals surface area contributed by atoms with Crippen molar-refractivity contribution in [1.82, 2.24) is 10.3 Å². The second-order valence-corrected chi connectivity index (χ2v) is 5.21. The van der Waals surface area contributed by atoms with Crippen molar-refractivity contribution in [3.05, 3.63) is 68.4 Å². The fraction of sp³-hybridized carbons (Fsp3) is 0.143. The SMILES string of the molecule is CC(NC(=O)c1cccc(Br)n1)c1cccc([N+](=O)[O-])c1. The molecule has 1 atom stereocenters. The number of pyridine rings is 1. The van der Waals surface area contributed by atoms with Gasteiger partial charge in [-0.05, 0) is 40.5 Å². The molecule has 1 aromatic heterocycles. The maximum atomic E-state index is 12.1. The molecule has 0 saturated heterocycles. The smallest absolute Gasteiger partial charge is 0.270 e. The van der Waals surface area contributed by atoms with E-state index in [9.17, 15) is 14.9 Å². The molecular weight excluding hydrogens is 338 g/mol. The quantitative estimate of drug-likeness (QED) is 0.521. The van der Waals surface area contributed by atoms with Crippen molar-refractivity contribution in [1.29, 1.82) is 0 Å². The first-order valence-electron chi connectivity index (χ1n) is 6.15. The summed E-state index contributed by atoms with van der Waals surface area (Å²) in [7, 11) is 0. The Balaban J connectivity index is 2.14. The molecule has 0 aliphatic carbocycles. The number of amides is 1. The van der Waals surface area contributed by atoms with E-state index < -0.39 is 4.92 Å². The average molecular weight is 350 g/mol. The lowest BCUT2D eigenvalue weighted by Gasteiger charge is -2.14. The average Bonchev–Trinajstić information content (AvgIpc) is 2.47. The summed E-state index contributed by atoms with van der Waals surface area (Å²) < 4.78 is 0.568. The Morgan fingerprint density at radius 3 is 2.71 bits per heavy atom. The van der Waals surface area contributed by atoms with E-state index in [0.717, 1.165) is 0 Å². The molecule has 7 heteroatoms. The van der Waals surface area contributed by atoms with Gasteiger partial charge in [0.1, 0.15) is 10.3 Å². The summed E-state index contributed by atoms with van der Waals surface area (Å²) in [6.07, 6.45) is 0. The molecule has 1 N–H and O–H groups in total. The van der Waals surface area contributed by atoms with Gasteiger partial charge in [0.15, 0.2) is 0 Å². The molecular formula is C14H12BrN3O3. The van der Waals surface area contributed by atoms with Crippen LogP contribution in [0, 0.1) is 10.1 Å². The van der Waals surface area contributed by atoms with Crippen molar-refractivity contribution in [2.45, 2.75) is 13.0 Å². The van der Waals surface area contributed by atoms with E-state index in [4.69, 9.17) is 0 Å². The minimum Gasteiger partial charge on any atom is -0.344 e. The number of rotatable bonds is 4. The number of carbonyl (C=O) groups is 1. The molecule has 0 saturated carbocycles. The van der Waals surface area contributed by atoms with Crippen LogP contribution in [0.4, 0.5) is 5.69 Å². The van der Waals surface area contributed by atoms with Crippen LogP contribution in [-0.4, -0.2) is 15.8 Å². The third-order valence-corrected chi connectivity index (χ3v) is 3.32. The lowest BCUT2D eigenvalue weighted by Crippen LogP contribution is -2.27. The van der Waals surface area contributed by atoms with Crippen molar-refractivity contribution in [2.24, 2.45) is 0 Å². The molecule has 21 heavy (non-hydrogen) atoms. The van der Waals surface area contributed by atoms with Gasteiger partial charge in [0.25, 0.3) is 11.6 Å². The molecule has 1 heterocycles. The Kier molecular flexibility index (Phi) is 4.64. The van der Waals surface area contributed by atoms with Crippen molar-refractivity contribution >= 4 is 27.5 Å². The molecule has 1 amide bonds. The first-order valence-corrected chi connectivity index (χ1v) is 6.94. The Morgan fingerprint density at radius 1 is 1.33 bits per heavy atom. The molecule has 0 aliphatic heterocycles. The topological polar surface area (TPSA) is 85.1 Å². The van der Waals surface area contributed by atoms with Crippen LogP contribution in [0.15, 0.2) is 47.1 Å². The zero-order chi connectivity index (χ0) is 15.4.